The molecule has 25 heavy (non-hydrogen) atoms. The molecule has 1 aliphatic carbocycles. The van der Waals surface area contributed by atoms with Crippen molar-refractivity contribution in [1.29, 1.82) is 0 Å². The molecule has 0 radical (unpaired) electrons. The quantitative estimate of drug-likeness (QED) is 0.499. The zero-order chi connectivity index (χ0) is 17.1. The monoisotopic (exact) mass is 350 g/mol. The van der Waals surface area contributed by atoms with Gasteiger partial charge in [0.05, 0.1) is 0 Å². The highest BCUT2D eigenvalue weighted by Gasteiger charge is 2.39. The molecule has 0 nitrogen and oxygen atoms in total. The van der Waals surface area contributed by atoms with E-state index >= 15 is 0 Å². The SMILES string of the molecule is CC[C@@H]1CC[C@@H](c2ccccc2)C1CP1CCC[C@H]1c1ccccc1. The predicted octanol–water partition coefficient (Wildman–Crippen LogP) is 7.22. The summed E-state index contributed by atoms with van der Waals surface area (Å²) in [6.45, 7) is 2.42. The summed E-state index contributed by atoms with van der Waals surface area (Å²) in [4.78, 5) is 0. The van der Waals surface area contributed by atoms with Gasteiger partial charge in [0.2, 0.25) is 0 Å². The molecule has 0 bridgehead atoms. The van der Waals surface area contributed by atoms with Gasteiger partial charge in [0.15, 0.2) is 0 Å². The van der Waals surface area contributed by atoms with Crippen LogP contribution in [0.3, 0.4) is 0 Å². The summed E-state index contributed by atoms with van der Waals surface area (Å²) in [6.07, 6.45) is 10.1. The van der Waals surface area contributed by atoms with E-state index in [4.69, 9.17) is 0 Å². The first-order chi connectivity index (χ1) is 12.4. The number of rotatable bonds is 5. The molecule has 1 saturated carbocycles. The third-order valence-corrected chi connectivity index (χ3v) is 9.94. The van der Waals surface area contributed by atoms with Crippen molar-refractivity contribution in [2.24, 2.45) is 11.8 Å². The lowest BCUT2D eigenvalue weighted by Gasteiger charge is -2.31. The van der Waals surface area contributed by atoms with Crippen LogP contribution in [0.15, 0.2) is 60.7 Å². The van der Waals surface area contributed by atoms with Crippen LogP contribution < -0.4 is 0 Å². The Morgan fingerprint density at radius 3 is 2.20 bits per heavy atom. The van der Waals surface area contributed by atoms with Gasteiger partial charge in [-0.3, -0.25) is 0 Å². The van der Waals surface area contributed by atoms with E-state index in [0.717, 1.165) is 23.4 Å². The van der Waals surface area contributed by atoms with Gasteiger partial charge in [-0.05, 0) is 66.9 Å². The maximum absolute atomic E-state index is 2.42. The molecule has 2 aromatic rings. The van der Waals surface area contributed by atoms with Gasteiger partial charge in [0, 0.05) is 5.66 Å². The van der Waals surface area contributed by atoms with Crippen molar-refractivity contribution in [3.05, 3.63) is 71.8 Å². The van der Waals surface area contributed by atoms with Crippen LogP contribution in [0.2, 0.25) is 0 Å². The van der Waals surface area contributed by atoms with Gasteiger partial charge in [0.25, 0.3) is 0 Å². The zero-order valence-electron chi connectivity index (χ0n) is 15.5. The molecule has 0 N–H and O–H groups in total. The molecule has 1 heteroatoms. The minimum absolute atomic E-state index is 0.155. The van der Waals surface area contributed by atoms with Gasteiger partial charge in [-0.15, -0.1) is 0 Å². The van der Waals surface area contributed by atoms with Crippen molar-refractivity contribution in [2.75, 3.05) is 12.3 Å². The molecule has 0 spiro atoms. The average molecular weight is 350 g/mol. The van der Waals surface area contributed by atoms with E-state index in [1.165, 1.54) is 44.4 Å². The average Bonchev–Trinajstić information content (AvgIpc) is 3.30. The topological polar surface area (TPSA) is 0 Å². The van der Waals surface area contributed by atoms with Crippen LogP contribution in [0, 0.1) is 11.8 Å². The summed E-state index contributed by atoms with van der Waals surface area (Å²) < 4.78 is 0. The third kappa shape index (κ3) is 3.70. The number of hydrogen-bond donors (Lipinski definition) is 0. The second-order valence-corrected chi connectivity index (χ2v) is 10.6. The van der Waals surface area contributed by atoms with Crippen LogP contribution in [0.4, 0.5) is 0 Å². The highest BCUT2D eigenvalue weighted by atomic mass is 31.1. The van der Waals surface area contributed by atoms with Crippen molar-refractivity contribution in [2.45, 2.75) is 50.6 Å². The fraction of sp³-hybridized carbons (Fsp3) is 0.500. The standard InChI is InChI=1S/C24H31P/c1-2-19-15-16-22(20-10-5-3-6-11-20)23(19)18-25-17-9-14-24(25)21-12-7-4-8-13-21/h3-8,10-13,19,22-24H,2,9,14-18H2,1H3/t19-,22+,23?,24+,25?/m1/s1. The van der Waals surface area contributed by atoms with Crippen molar-refractivity contribution >= 4 is 7.92 Å². The third-order valence-electron chi connectivity index (χ3n) is 6.72. The van der Waals surface area contributed by atoms with E-state index in [0.29, 0.717) is 0 Å². The number of hydrogen-bond acceptors (Lipinski definition) is 0. The summed E-state index contributed by atoms with van der Waals surface area (Å²) in [5.74, 6) is 2.68. The molecule has 1 heterocycles. The van der Waals surface area contributed by atoms with Crippen LogP contribution in [0.1, 0.15) is 61.7 Å². The van der Waals surface area contributed by atoms with Crippen LogP contribution in [0.5, 0.6) is 0 Å². The summed E-state index contributed by atoms with van der Waals surface area (Å²) in [5.41, 5.74) is 4.09. The zero-order valence-corrected chi connectivity index (χ0v) is 16.4. The Bertz CT molecular complexity index is 650. The lowest BCUT2D eigenvalue weighted by Crippen LogP contribution is -2.18. The van der Waals surface area contributed by atoms with Gasteiger partial charge in [-0.25, -0.2) is 0 Å². The fourth-order valence-electron chi connectivity index (χ4n) is 5.42. The summed E-state index contributed by atoms with van der Waals surface area (Å²) >= 11 is 0. The van der Waals surface area contributed by atoms with E-state index in [1.807, 2.05) is 0 Å². The van der Waals surface area contributed by atoms with E-state index in [2.05, 4.69) is 67.6 Å². The van der Waals surface area contributed by atoms with E-state index in [1.54, 1.807) is 11.1 Å². The summed E-state index contributed by atoms with van der Waals surface area (Å²) in [7, 11) is 0.155. The molecule has 132 valence electrons. The predicted molar refractivity (Wildman–Crippen MR) is 111 cm³/mol. The van der Waals surface area contributed by atoms with Gasteiger partial charge in [-0.2, -0.15) is 0 Å². The van der Waals surface area contributed by atoms with Crippen LogP contribution in [-0.4, -0.2) is 12.3 Å². The van der Waals surface area contributed by atoms with Gasteiger partial charge in [0.1, 0.15) is 0 Å². The first-order valence-electron chi connectivity index (χ1n) is 10.2. The Morgan fingerprint density at radius 1 is 0.840 bits per heavy atom. The Morgan fingerprint density at radius 2 is 1.52 bits per heavy atom. The van der Waals surface area contributed by atoms with E-state index < -0.39 is 0 Å². The van der Waals surface area contributed by atoms with Crippen LogP contribution in [-0.2, 0) is 0 Å². The molecule has 0 aromatic heterocycles. The minimum atomic E-state index is 0.155. The van der Waals surface area contributed by atoms with Crippen LogP contribution in [0.25, 0.3) is 0 Å². The molecule has 0 amide bonds. The first-order valence-corrected chi connectivity index (χ1v) is 12.0. The largest absolute Gasteiger partial charge is 0.0987 e. The molecule has 1 aliphatic heterocycles. The summed E-state index contributed by atoms with van der Waals surface area (Å²) in [5, 5.41) is 0. The fourth-order valence-corrected chi connectivity index (χ4v) is 8.99. The Kier molecular flexibility index (Phi) is 5.57. The van der Waals surface area contributed by atoms with Gasteiger partial charge < -0.3 is 0 Å². The lowest BCUT2D eigenvalue weighted by molar-refractivity contribution is 0.387. The lowest BCUT2D eigenvalue weighted by atomic mass is 9.85. The van der Waals surface area contributed by atoms with Crippen molar-refractivity contribution in [1.82, 2.24) is 0 Å². The molecule has 2 unspecified atom stereocenters. The van der Waals surface area contributed by atoms with Crippen LogP contribution >= 0.6 is 7.92 Å². The molecule has 2 fully saturated rings. The highest BCUT2D eigenvalue weighted by molar-refractivity contribution is 7.58. The highest BCUT2D eigenvalue weighted by Crippen LogP contribution is 2.62. The van der Waals surface area contributed by atoms with Gasteiger partial charge >= 0.3 is 0 Å². The molecule has 5 atom stereocenters. The van der Waals surface area contributed by atoms with E-state index in [9.17, 15) is 0 Å². The van der Waals surface area contributed by atoms with Gasteiger partial charge in [-0.1, -0.05) is 81.9 Å². The maximum atomic E-state index is 2.42. The number of benzene rings is 2. The smallest absolute Gasteiger partial charge is 0.00420 e. The summed E-state index contributed by atoms with van der Waals surface area (Å²) in [6, 6.07) is 22.8. The molecular weight excluding hydrogens is 319 g/mol. The van der Waals surface area contributed by atoms with Crippen molar-refractivity contribution < 1.29 is 0 Å². The second-order valence-electron chi connectivity index (χ2n) is 7.99. The molecule has 1 saturated heterocycles. The molecular formula is C24H31P. The molecule has 4 rings (SSSR count). The maximum Gasteiger partial charge on any atom is 0.00420 e. The Balaban J connectivity index is 1.54. The molecule has 2 aromatic carbocycles. The molecule has 2 aliphatic rings. The Hall–Kier alpha value is -1.13. The minimum Gasteiger partial charge on any atom is -0.0987 e. The Labute approximate surface area is 154 Å². The van der Waals surface area contributed by atoms with Crippen molar-refractivity contribution in [3.8, 4) is 0 Å². The van der Waals surface area contributed by atoms with Crippen molar-refractivity contribution in [3.63, 3.8) is 0 Å². The second kappa shape index (κ2) is 8.05. The normalized spacial score (nSPS) is 32.1. The van der Waals surface area contributed by atoms with E-state index in [-0.39, 0.29) is 7.92 Å². The first kappa shape index (κ1) is 17.3.